The Morgan fingerprint density at radius 1 is 1.13 bits per heavy atom. The lowest BCUT2D eigenvalue weighted by Gasteiger charge is -2.51. The van der Waals surface area contributed by atoms with Crippen LogP contribution in [-0.2, 0) is 0 Å². The van der Waals surface area contributed by atoms with Crippen LogP contribution in [0.3, 0.4) is 0 Å². The lowest BCUT2D eigenvalue weighted by molar-refractivity contribution is -0.858. The van der Waals surface area contributed by atoms with Gasteiger partial charge in [0, 0.05) is 12.1 Å². The molecule has 1 saturated heterocycles. The van der Waals surface area contributed by atoms with Crippen molar-refractivity contribution in [2.24, 2.45) is 5.41 Å². The third-order valence-corrected chi connectivity index (χ3v) is 3.29. The predicted octanol–water partition coefficient (Wildman–Crippen LogP) is 0.898. The molecule has 1 heterocycles. The lowest BCUT2D eigenvalue weighted by atomic mass is 9.82. The van der Waals surface area contributed by atoms with E-state index in [0.717, 1.165) is 19.6 Å². The Labute approximate surface area is 94.0 Å². The van der Waals surface area contributed by atoms with Gasteiger partial charge in [0.05, 0.1) is 19.1 Å². The van der Waals surface area contributed by atoms with Crippen molar-refractivity contribution < 1.29 is 5.06 Å². The summed E-state index contributed by atoms with van der Waals surface area (Å²) < 4.78 is 0. The van der Waals surface area contributed by atoms with Crippen LogP contribution >= 0.6 is 0 Å². The molecule has 0 amide bonds. The molecule has 0 aromatic heterocycles. The molecule has 0 aromatic carbocycles. The highest BCUT2D eigenvalue weighted by Crippen LogP contribution is 2.29. The zero-order chi connectivity index (χ0) is 11.9. The van der Waals surface area contributed by atoms with Crippen LogP contribution in [0.5, 0.6) is 0 Å². The van der Waals surface area contributed by atoms with Crippen molar-refractivity contribution in [3.8, 4) is 0 Å². The normalized spacial score (nSPS) is 30.6. The van der Waals surface area contributed by atoms with Crippen molar-refractivity contribution in [3.05, 3.63) is 5.21 Å². The van der Waals surface area contributed by atoms with Crippen molar-refractivity contribution in [1.29, 1.82) is 0 Å². The van der Waals surface area contributed by atoms with Gasteiger partial charge in [-0.25, -0.2) is 0 Å². The van der Waals surface area contributed by atoms with Gasteiger partial charge >= 0.3 is 0 Å². The van der Waals surface area contributed by atoms with Gasteiger partial charge in [0.2, 0.25) is 0 Å². The molecule has 1 aliphatic heterocycles. The van der Waals surface area contributed by atoms with Crippen LogP contribution in [0.4, 0.5) is 0 Å². The van der Waals surface area contributed by atoms with Gasteiger partial charge in [0.25, 0.3) is 0 Å². The molecule has 1 rings (SSSR count). The zero-order valence-corrected chi connectivity index (χ0v) is 11.1. The first kappa shape index (κ1) is 12.9. The maximum atomic E-state index is 11.6. The first-order valence-electron chi connectivity index (χ1n) is 5.91. The molecule has 1 fully saturated rings. The van der Waals surface area contributed by atoms with Crippen LogP contribution in [0.1, 0.15) is 41.5 Å². The van der Waals surface area contributed by atoms with Crippen LogP contribution in [0.15, 0.2) is 0 Å². The number of hydrogen-bond donors (Lipinski definition) is 1. The second-order valence-corrected chi connectivity index (χ2v) is 6.74. The van der Waals surface area contributed by atoms with E-state index in [1.54, 1.807) is 0 Å². The largest absolute Gasteiger partial charge is 0.634 e. The quantitative estimate of drug-likeness (QED) is 0.607. The fourth-order valence-corrected chi connectivity index (χ4v) is 2.41. The van der Waals surface area contributed by atoms with E-state index >= 15 is 0 Å². The van der Waals surface area contributed by atoms with Gasteiger partial charge in [-0.1, -0.05) is 20.8 Å². The summed E-state index contributed by atoms with van der Waals surface area (Å²) >= 11 is 0. The van der Waals surface area contributed by atoms with Crippen LogP contribution in [0.25, 0.3) is 0 Å². The summed E-state index contributed by atoms with van der Waals surface area (Å²) in [5.41, 5.74) is 0.349. The highest BCUT2D eigenvalue weighted by atomic mass is 16.5. The number of rotatable bonds is 0. The minimum atomic E-state index is 0.165. The fourth-order valence-electron chi connectivity index (χ4n) is 2.41. The number of quaternary nitrogens is 1. The van der Waals surface area contributed by atoms with Gasteiger partial charge in [-0.15, -0.1) is 0 Å². The molecule has 3 nitrogen and oxygen atoms in total. The lowest BCUT2D eigenvalue weighted by Crippen LogP contribution is -3.12. The summed E-state index contributed by atoms with van der Waals surface area (Å²) in [7, 11) is 0. The van der Waals surface area contributed by atoms with E-state index in [1.807, 2.05) is 0 Å². The van der Waals surface area contributed by atoms with E-state index in [9.17, 15) is 5.21 Å². The molecule has 0 saturated carbocycles. The van der Waals surface area contributed by atoms with Crippen molar-refractivity contribution in [2.75, 3.05) is 19.6 Å². The van der Waals surface area contributed by atoms with Gasteiger partial charge in [-0.05, 0) is 26.2 Å². The Balaban J connectivity index is 2.85. The smallest absolute Gasteiger partial charge is 0.0932 e. The van der Waals surface area contributed by atoms with Gasteiger partial charge in [0.15, 0.2) is 0 Å². The Kier molecular flexibility index (Phi) is 3.49. The molecule has 0 spiro atoms. The molecule has 0 bridgehead atoms. The maximum absolute atomic E-state index is 11.6. The first-order chi connectivity index (χ1) is 6.62. The second-order valence-electron chi connectivity index (χ2n) is 6.74. The van der Waals surface area contributed by atoms with E-state index in [2.05, 4.69) is 46.4 Å². The van der Waals surface area contributed by atoms with Crippen molar-refractivity contribution >= 4 is 0 Å². The number of hydroxylamine groups is 2. The molecular weight excluding hydrogens is 188 g/mol. The summed E-state index contributed by atoms with van der Waals surface area (Å²) in [4.78, 5) is 2.49. The SMILES string of the molecule is CC(C)(C)C1C[NH+]([O-])CCN1C(C)(C)C. The van der Waals surface area contributed by atoms with E-state index < -0.39 is 0 Å². The van der Waals surface area contributed by atoms with E-state index in [1.165, 1.54) is 0 Å². The average molecular weight is 214 g/mol. The minimum absolute atomic E-state index is 0.165. The molecule has 15 heavy (non-hydrogen) atoms. The summed E-state index contributed by atoms with van der Waals surface area (Å²) in [5, 5.41) is 12.0. The summed E-state index contributed by atoms with van der Waals surface area (Å²) in [6, 6.07) is 0.388. The number of nitrogens with zero attached hydrogens (tertiary/aromatic N) is 1. The number of hydrogen-bond acceptors (Lipinski definition) is 2. The Morgan fingerprint density at radius 2 is 1.67 bits per heavy atom. The van der Waals surface area contributed by atoms with Crippen molar-refractivity contribution in [3.63, 3.8) is 0 Å². The highest BCUT2D eigenvalue weighted by Gasteiger charge is 2.40. The van der Waals surface area contributed by atoms with Gasteiger partial charge in [-0.2, -0.15) is 0 Å². The summed E-state index contributed by atoms with van der Waals surface area (Å²) in [6.45, 7) is 15.8. The highest BCUT2D eigenvalue weighted by molar-refractivity contribution is 4.91. The topological polar surface area (TPSA) is 30.7 Å². The molecule has 0 radical (unpaired) electrons. The predicted molar refractivity (Wildman–Crippen MR) is 63.8 cm³/mol. The molecule has 3 heteroatoms. The van der Waals surface area contributed by atoms with Crippen LogP contribution in [0.2, 0.25) is 0 Å². The summed E-state index contributed by atoms with van der Waals surface area (Å²) in [6.07, 6.45) is 0. The minimum Gasteiger partial charge on any atom is -0.634 e. The van der Waals surface area contributed by atoms with Crippen LogP contribution in [-0.4, -0.2) is 36.1 Å². The van der Waals surface area contributed by atoms with Gasteiger partial charge < -0.3 is 10.3 Å². The maximum Gasteiger partial charge on any atom is 0.0932 e. The summed E-state index contributed by atoms with van der Waals surface area (Å²) in [5.74, 6) is 0. The van der Waals surface area contributed by atoms with Crippen LogP contribution in [0, 0.1) is 10.6 Å². The van der Waals surface area contributed by atoms with Gasteiger partial charge in [-0.3, -0.25) is 4.90 Å². The monoisotopic (exact) mass is 214 g/mol. The molecule has 2 atom stereocenters. The van der Waals surface area contributed by atoms with Crippen molar-refractivity contribution in [2.45, 2.75) is 53.1 Å². The molecule has 2 unspecified atom stereocenters. The molecular formula is C12H26N2O. The molecule has 90 valence electrons. The van der Waals surface area contributed by atoms with Gasteiger partial charge in [0.1, 0.15) is 0 Å². The molecule has 1 aliphatic rings. The number of piperazine rings is 1. The first-order valence-corrected chi connectivity index (χ1v) is 5.91. The second kappa shape index (κ2) is 4.04. The Morgan fingerprint density at radius 3 is 2.07 bits per heavy atom. The van der Waals surface area contributed by atoms with E-state index in [4.69, 9.17) is 0 Å². The van der Waals surface area contributed by atoms with E-state index in [0.29, 0.717) is 11.1 Å². The fraction of sp³-hybridized carbons (Fsp3) is 1.00. The van der Waals surface area contributed by atoms with Crippen LogP contribution < -0.4 is 5.06 Å². The molecule has 0 aliphatic carbocycles. The third kappa shape index (κ3) is 3.16. The Bertz CT molecular complexity index is 215. The van der Waals surface area contributed by atoms with Crippen molar-refractivity contribution in [1.82, 2.24) is 4.90 Å². The standard InChI is InChI=1S/C12H26N2O/c1-11(2,3)10-9-13(15)7-8-14(10)12(4,5)6/h10,13H,7-9H2,1-6H3. The average Bonchev–Trinajstić information content (AvgIpc) is 2.00. The zero-order valence-electron chi connectivity index (χ0n) is 11.1. The Hall–Kier alpha value is -0.120. The molecule has 0 aromatic rings. The number of nitrogens with one attached hydrogen (secondary N) is 1. The third-order valence-electron chi connectivity index (χ3n) is 3.29. The molecule has 1 N–H and O–H groups in total. The van der Waals surface area contributed by atoms with E-state index in [-0.39, 0.29) is 11.0 Å².